The first kappa shape index (κ1) is 29.4. The number of thiazole rings is 1. The molecule has 0 saturated heterocycles. The molecule has 6 atom stereocenters. The number of allylic oxidation sites excluding steroid dienone is 1. The molecule has 1 aliphatic heterocycles. The van der Waals surface area contributed by atoms with Crippen molar-refractivity contribution in [2.45, 2.75) is 92.1 Å². The van der Waals surface area contributed by atoms with E-state index in [9.17, 15) is 24.9 Å². The van der Waals surface area contributed by atoms with Gasteiger partial charge < -0.3 is 20.6 Å². The zero-order valence-corrected chi connectivity index (χ0v) is 22.6. The van der Waals surface area contributed by atoms with Crippen LogP contribution in [0.15, 0.2) is 23.1 Å². The van der Waals surface area contributed by atoms with Crippen LogP contribution in [0.5, 0.6) is 0 Å². The fourth-order valence-electron chi connectivity index (χ4n) is 4.66. The fourth-order valence-corrected chi connectivity index (χ4v) is 5.27. The zero-order chi connectivity index (χ0) is 26.3. The van der Waals surface area contributed by atoms with Crippen LogP contribution in [0.25, 0.3) is 6.08 Å². The number of nitrogens with one attached hydrogen (secondary N) is 1. The van der Waals surface area contributed by atoms with Gasteiger partial charge in [0.2, 0.25) is 5.91 Å². The van der Waals surface area contributed by atoms with E-state index < -0.39 is 23.5 Å². The minimum Gasteiger partial charge on any atom is -0.392 e. The first-order valence-corrected chi connectivity index (χ1v) is 13.4. The number of aromatic nitrogens is 1. The van der Waals surface area contributed by atoms with Gasteiger partial charge in [-0.3, -0.25) is 9.59 Å². The van der Waals surface area contributed by atoms with E-state index in [1.807, 2.05) is 32.2 Å². The monoisotopic (exact) mass is 506 g/mol. The molecule has 1 aliphatic rings. The van der Waals surface area contributed by atoms with Crippen LogP contribution in [-0.4, -0.2) is 50.2 Å². The third kappa shape index (κ3) is 7.81. The van der Waals surface area contributed by atoms with Gasteiger partial charge >= 0.3 is 0 Å². The second kappa shape index (κ2) is 12.9. The molecule has 8 heteroatoms. The van der Waals surface area contributed by atoms with E-state index in [1.54, 1.807) is 20.8 Å². The molecule has 1 amide bonds. The Hall–Kier alpha value is -1.87. The van der Waals surface area contributed by atoms with Crippen molar-refractivity contribution < 1.29 is 24.9 Å². The largest absolute Gasteiger partial charge is 0.392 e. The maximum Gasteiger partial charge on any atom is 0.223 e. The highest BCUT2D eigenvalue weighted by molar-refractivity contribution is 7.09. The molecule has 0 unspecified atom stereocenters. The summed E-state index contributed by atoms with van der Waals surface area (Å²) in [5, 5.41) is 36.5. The average molecular weight is 507 g/mol. The van der Waals surface area contributed by atoms with Gasteiger partial charge in [-0.1, -0.05) is 46.8 Å². The highest BCUT2D eigenvalue weighted by atomic mass is 32.1. The maximum absolute atomic E-state index is 13.2. The molecular formula is C27H42N2O5S. The number of hydrogen-bond donors (Lipinski definition) is 4. The lowest BCUT2D eigenvalue weighted by molar-refractivity contribution is -0.143. The highest BCUT2D eigenvalue weighted by Gasteiger charge is 2.42. The van der Waals surface area contributed by atoms with Crippen molar-refractivity contribution in [3.8, 4) is 0 Å². The Morgan fingerprint density at radius 2 is 1.94 bits per heavy atom. The van der Waals surface area contributed by atoms with Crippen molar-refractivity contribution >= 4 is 29.1 Å². The maximum atomic E-state index is 13.2. The lowest BCUT2D eigenvalue weighted by atomic mass is 9.73. The second-order valence-corrected chi connectivity index (χ2v) is 11.5. The highest BCUT2D eigenvalue weighted by Crippen LogP contribution is 2.32. The first-order chi connectivity index (χ1) is 16.4. The third-order valence-electron chi connectivity index (χ3n) is 7.24. The molecule has 0 fully saturated rings. The number of nitrogens with zero attached hydrogens (tertiary/aromatic N) is 1. The number of carbonyl (C=O) groups is 2. The number of amides is 1. The molecule has 0 saturated carbocycles. The van der Waals surface area contributed by atoms with Crippen LogP contribution in [0.1, 0.15) is 77.9 Å². The lowest BCUT2D eigenvalue weighted by Gasteiger charge is -2.35. The number of Topliss-reactive ketones (excluding diaryl/α,β-unsaturated/α-hetero) is 1. The Morgan fingerprint density at radius 1 is 1.26 bits per heavy atom. The van der Waals surface area contributed by atoms with Crippen LogP contribution in [0.2, 0.25) is 0 Å². The summed E-state index contributed by atoms with van der Waals surface area (Å²) in [7, 11) is 0. The number of carbonyl (C=O) groups excluding carboxylic acids is 2. The molecule has 0 aliphatic carbocycles. The molecule has 0 bridgehead atoms. The van der Waals surface area contributed by atoms with Crippen molar-refractivity contribution in [1.82, 2.24) is 10.3 Å². The second-order valence-electron chi connectivity index (χ2n) is 10.5. The molecule has 196 valence electrons. The van der Waals surface area contributed by atoms with Crippen molar-refractivity contribution in [3.05, 3.63) is 33.8 Å². The van der Waals surface area contributed by atoms with Gasteiger partial charge in [0.15, 0.2) is 0 Å². The number of rotatable bonds is 3. The predicted molar refractivity (Wildman–Crippen MR) is 140 cm³/mol. The van der Waals surface area contributed by atoms with Crippen LogP contribution >= 0.6 is 11.3 Å². The smallest absolute Gasteiger partial charge is 0.223 e. The summed E-state index contributed by atoms with van der Waals surface area (Å²) in [5.74, 6) is -1.30. The predicted octanol–water partition coefficient (Wildman–Crippen LogP) is 3.88. The van der Waals surface area contributed by atoms with E-state index in [2.05, 4.69) is 22.5 Å². The Morgan fingerprint density at radius 3 is 2.57 bits per heavy atom. The van der Waals surface area contributed by atoms with Gasteiger partial charge in [-0.25, -0.2) is 4.98 Å². The third-order valence-corrected chi connectivity index (χ3v) is 8.09. The molecule has 35 heavy (non-hydrogen) atoms. The fraction of sp³-hybridized carbons (Fsp3) is 0.667. The molecule has 1 aromatic rings. The van der Waals surface area contributed by atoms with Gasteiger partial charge in [0, 0.05) is 11.3 Å². The van der Waals surface area contributed by atoms with E-state index in [1.165, 1.54) is 11.3 Å². The number of hydrogen-bond acceptors (Lipinski definition) is 7. The molecule has 0 aromatic carbocycles. The molecule has 2 rings (SSSR count). The van der Waals surface area contributed by atoms with Crippen LogP contribution < -0.4 is 5.32 Å². The van der Waals surface area contributed by atoms with Crippen molar-refractivity contribution in [2.75, 3.05) is 0 Å². The molecule has 1 aromatic heterocycles. The minimum absolute atomic E-state index is 0.0196. The number of aliphatic hydroxyl groups is 3. The quantitative estimate of drug-likeness (QED) is 0.462. The summed E-state index contributed by atoms with van der Waals surface area (Å²) in [6.07, 6.45) is 6.38. The van der Waals surface area contributed by atoms with Crippen LogP contribution in [0, 0.1) is 23.2 Å². The van der Waals surface area contributed by atoms with E-state index in [-0.39, 0.29) is 42.6 Å². The minimum atomic E-state index is -1.19. The normalized spacial score (nSPS) is 32.8. The SMILES string of the molecule is C/C(=C\c1csc(CO)n1)[C@H]1NC(=O)C[C@H](O)C(C)(C)C(=O)[C@H](C)[C@@H](O)[C@@H](C)CCC/C=C\[C@@H]1C. The van der Waals surface area contributed by atoms with E-state index >= 15 is 0 Å². The standard InChI is InChI=1S/C27H42N2O5S/c1-16-10-8-7-9-11-17(2)25(33)19(4)26(34)27(5,6)21(31)13-22(32)29-24(16)18(3)12-20-15-35-23(14-30)28-20/h8,10,12,15-17,19,21,24-25,30-31,33H,7,9,11,13-14H2,1-6H3,(H,29,32)/b10-8-,18-12+/t16-,17-,19+,21-,24-,25-/m0/s1. The summed E-state index contributed by atoms with van der Waals surface area (Å²) in [4.78, 5) is 30.6. The van der Waals surface area contributed by atoms with Gasteiger partial charge in [0.1, 0.15) is 10.8 Å². The lowest BCUT2D eigenvalue weighted by Crippen LogP contribution is -2.47. The van der Waals surface area contributed by atoms with Crippen molar-refractivity contribution in [2.24, 2.45) is 23.2 Å². The molecule has 2 heterocycles. The van der Waals surface area contributed by atoms with Gasteiger partial charge in [-0.05, 0) is 49.7 Å². The topological polar surface area (TPSA) is 120 Å². The molecule has 7 nitrogen and oxygen atoms in total. The Bertz CT molecular complexity index is 922. The van der Waals surface area contributed by atoms with Crippen LogP contribution in [0.3, 0.4) is 0 Å². The Balaban J connectivity index is 2.34. The summed E-state index contributed by atoms with van der Waals surface area (Å²) in [6.45, 7) is 10.8. The first-order valence-electron chi connectivity index (χ1n) is 12.5. The van der Waals surface area contributed by atoms with Gasteiger partial charge in [0.05, 0.1) is 42.4 Å². The average Bonchev–Trinajstić information content (AvgIpc) is 3.27. The summed E-state index contributed by atoms with van der Waals surface area (Å²) < 4.78 is 0. The van der Waals surface area contributed by atoms with E-state index in [4.69, 9.17) is 0 Å². The summed E-state index contributed by atoms with van der Waals surface area (Å²) in [5.41, 5.74) is 0.450. The molecule has 0 radical (unpaired) electrons. The molecule has 0 spiro atoms. The Labute approximate surface area is 213 Å². The molecule has 4 N–H and O–H groups in total. The molecular weight excluding hydrogens is 464 g/mol. The van der Waals surface area contributed by atoms with Gasteiger partial charge in [-0.15, -0.1) is 11.3 Å². The van der Waals surface area contributed by atoms with Crippen molar-refractivity contribution in [3.63, 3.8) is 0 Å². The van der Waals surface area contributed by atoms with Crippen molar-refractivity contribution in [1.29, 1.82) is 0 Å². The van der Waals surface area contributed by atoms with Crippen LogP contribution in [0.4, 0.5) is 0 Å². The number of aliphatic hydroxyl groups excluding tert-OH is 3. The zero-order valence-electron chi connectivity index (χ0n) is 21.8. The van der Waals surface area contributed by atoms with Gasteiger partial charge in [0.25, 0.3) is 0 Å². The van der Waals surface area contributed by atoms with E-state index in [0.29, 0.717) is 5.01 Å². The van der Waals surface area contributed by atoms with Gasteiger partial charge in [-0.2, -0.15) is 0 Å². The van der Waals surface area contributed by atoms with Crippen LogP contribution in [-0.2, 0) is 16.2 Å². The Kier molecular flexibility index (Phi) is 10.8. The van der Waals surface area contributed by atoms with E-state index in [0.717, 1.165) is 30.5 Å². The number of ketones is 1. The summed E-state index contributed by atoms with van der Waals surface area (Å²) in [6, 6.07) is -0.323. The summed E-state index contributed by atoms with van der Waals surface area (Å²) >= 11 is 1.38.